The molecule has 1 heterocycles. The number of aromatic nitrogens is 1. The van der Waals surface area contributed by atoms with Crippen molar-refractivity contribution in [3.8, 4) is 17.3 Å². The number of aromatic amines is 1. The Bertz CT molecular complexity index is 1070. The van der Waals surface area contributed by atoms with Crippen molar-refractivity contribution in [1.29, 1.82) is 5.26 Å². The lowest BCUT2D eigenvalue weighted by atomic mass is 10.2. The molecule has 2 aromatic carbocycles. The van der Waals surface area contributed by atoms with Crippen LogP contribution in [0, 0.1) is 17.1 Å². The van der Waals surface area contributed by atoms with Gasteiger partial charge in [-0.1, -0.05) is 23.7 Å². The van der Waals surface area contributed by atoms with Gasteiger partial charge in [0, 0.05) is 16.9 Å². The molecule has 2 N–H and O–H groups in total. The molecule has 25 heavy (non-hydrogen) atoms. The third-order valence-corrected chi connectivity index (χ3v) is 5.06. The Kier molecular flexibility index (Phi) is 4.49. The smallest absolute Gasteiger partial charge is 0.263 e. The molecule has 0 bridgehead atoms. The lowest BCUT2D eigenvalue weighted by Gasteiger charge is -2.07. The van der Waals surface area contributed by atoms with Crippen LogP contribution in [0.3, 0.4) is 0 Å². The molecule has 1 aromatic heterocycles. The van der Waals surface area contributed by atoms with Crippen molar-refractivity contribution >= 4 is 27.3 Å². The monoisotopic (exact) mass is 375 g/mol. The summed E-state index contributed by atoms with van der Waals surface area (Å²) in [6.45, 7) is 0. The Morgan fingerprint density at radius 2 is 1.84 bits per heavy atom. The van der Waals surface area contributed by atoms with E-state index in [-0.39, 0.29) is 16.1 Å². The highest BCUT2D eigenvalue weighted by Gasteiger charge is 2.18. The van der Waals surface area contributed by atoms with Crippen LogP contribution in [-0.4, -0.2) is 13.4 Å². The van der Waals surface area contributed by atoms with E-state index in [1.165, 1.54) is 24.4 Å². The summed E-state index contributed by atoms with van der Waals surface area (Å²) in [5.41, 5.74) is 1.22. The highest BCUT2D eigenvalue weighted by atomic mass is 35.5. The van der Waals surface area contributed by atoms with Crippen LogP contribution in [0.1, 0.15) is 5.56 Å². The summed E-state index contributed by atoms with van der Waals surface area (Å²) in [7, 11) is -3.98. The number of anilines is 1. The normalized spacial score (nSPS) is 11.1. The molecule has 0 amide bonds. The summed E-state index contributed by atoms with van der Waals surface area (Å²) in [5, 5.41) is 9.29. The highest BCUT2D eigenvalue weighted by molar-refractivity contribution is 7.92. The van der Waals surface area contributed by atoms with E-state index >= 15 is 0 Å². The number of hydrogen-bond donors (Lipinski definition) is 2. The van der Waals surface area contributed by atoms with E-state index in [2.05, 4.69) is 9.71 Å². The highest BCUT2D eigenvalue weighted by Crippen LogP contribution is 2.25. The second-order valence-corrected chi connectivity index (χ2v) is 7.29. The lowest BCUT2D eigenvalue weighted by molar-refractivity contribution is 0.598. The summed E-state index contributed by atoms with van der Waals surface area (Å²) < 4.78 is 40.9. The Hall–Kier alpha value is -2.82. The van der Waals surface area contributed by atoms with Crippen LogP contribution in [-0.2, 0) is 10.0 Å². The quantitative estimate of drug-likeness (QED) is 0.718. The number of benzene rings is 2. The Morgan fingerprint density at radius 1 is 1.12 bits per heavy atom. The summed E-state index contributed by atoms with van der Waals surface area (Å²) in [5.74, 6) is -0.823. The standard InChI is InChI=1S/C17H11ClFN3O2S/c18-13-4-2-12(3-5-13)17-8-14(10-21-17)25(23,24)22-16-6-1-11(9-20)7-15(16)19/h1-8,10,21-22H. The van der Waals surface area contributed by atoms with E-state index in [0.717, 1.165) is 11.6 Å². The lowest BCUT2D eigenvalue weighted by Crippen LogP contribution is -2.13. The number of hydrogen-bond acceptors (Lipinski definition) is 3. The van der Waals surface area contributed by atoms with E-state index in [1.807, 2.05) is 0 Å². The molecule has 0 aliphatic carbocycles. The topological polar surface area (TPSA) is 85.8 Å². The molecule has 3 rings (SSSR count). The van der Waals surface area contributed by atoms with Gasteiger partial charge in [0.05, 0.1) is 17.3 Å². The zero-order chi connectivity index (χ0) is 18.0. The van der Waals surface area contributed by atoms with E-state index in [9.17, 15) is 12.8 Å². The zero-order valence-electron chi connectivity index (χ0n) is 12.6. The van der Waals surface area contributed by atoms with Gasteiger partial charge in [-0.15, -0.1) is 0 Å². The van der Waals surface area contributed by atoms with Crippen molar-refractivity contribution in [3.05, 3.63) is 71.1 Å². The summed E-state index contributed by atoms with van der Waals surface area (Å²) in [6.07, 6.45) is 1.31. The van der Waals surface area contributed by atoms with E-state index < -0.39 is 15.8 Å². The molecule has 0 fully saturated rings. The fourth-order valence-corrected chi connectivity index (χ4v) is 3.38. The fourth-order valence-electron chi connectivity index (χ4n) is 2.20. The molecule has 0 saturated heterocycles. The van der Waals surface area contributed by atoms with Gasteiger partial charge in [-0.2, -0.15) is 5.26 Å². The third kappa shape index (κ3) is 3.65. The fraction of sp³-hybridized carbons (Fsp3) is 0. The van der Waals surface area contributed by atoms with Gasteiger partial charge in [-0.3, -0.25) is 4.72 Å². The minimum absolute atomic E-state index is 0.0405. The number of nitrogens with one attached hydrogen (secondary N) is 2. The molecule has 126 valence electrons. The van der Waals surface area contributed by atoms with Crippen LogP contribution in [0.5, 0.6) is 0 Å². The number of H-pyrrole nitrogens is 1. The Labute approximate surface area is 148 Å². The minimum atomic E-state index is -3.98. The molecule has 8 heteroatoms. The van der Waals surface area contributed by atoms with Crippen molar-refractivity contribution in [2.75, 3.05) is 4.72 Å². The SMILES string of the molecule is N#Cc1ccc(NS(=O)(=O)c2c[nH]c(-c3ccc(Cl)cc3)c2)c(F)c1. The van der Waals surface area contributed by atoms with Gasteiger partial charge in [-0.05, 0) is 42.0 Å². The largest absolute Gasteiger partial charge is 0.360 e. The van der Waals surface area contributed by atoms with Crippen molar-refractivity contribution < 1.29 is 12.8 Å². The van der Waals surface area contributed by atoms with Gasteiger partial charge in [0.1, 0.15) is 10.7 Å². The first-order chi connectivity index (χ1) is 11.9. The third-order valence-electron chi connectivity index (χ3n) is 3.46. The average Bonchev–Trinajstić information content (AvgIpc) is 3.08. The molecule has 0 atom stereocenters. The summed E-state index contributed by atoms with van der Waals surface area (Å²) >= 11 is 5.83. The molecule has 3 aromatic rings. The predicted molar refractivity (Wildman–Crippen MR) is 93.2 cm³/mol. The summed E-state index contributed by atoms with van der Waals surface area (Å²) in [6, 6.07) is 13.6. The predicted octanol–water partition coefficient (Wildman–Crippen LogP) is 4.15. The average molecular weight is 376 g/mol. The van der Waals surface area contributed by atoms with Gasteiger partial charge < -0.3 is 4.98 Å². The number of nitriles is 1. The molecule has 0 aliphatic heterocycles. The minimum Gasteiger partial charge on any atom is -0.360 e. The first-order valence-corrected chi connectivity index (χ1v) is 8.92. The molecule has 0 radical (unpaired) electrons. The van der Waals surface area contributed by atoms with E-state index in [4.69, 9.17) is 16.9 Å². The number of nitrogens with zero attached hydrogens (tertiary/aromatic N) is 1. The first-order valence-electron chi connectivity index (χ1n) is 7.06. The second kappa shape index (κ2) is 6.59. The van der Waals surface area contributed by atoms with Gasteiger partial charge in [0.25, 0.3) is 10.0 Å². The molecular formula is C17H11ClFN3O2S. The Balaban J connectivity index is 1.88. The van der Waals surface area contributed by atoms with E-state index in [0.29, 0.717) is 10.7 Å². The Morgan fingerprint density at radius 3 is 2.48 bits per heavy atom. The van der Waals surface area contributed by atoms with Crippen molar-refractivity contribution in [3.63, 3.8) is 0 Å². The maximum atomic E-state index is 13.9. The van der Waals surface area contributed by atoms with E-state index in [1.54, 1.807) is 30.3 Å². The van der Waals surface area contributed by atoms with Crippen molar-refractivity contribution in [2.45, 2.75) is 4.90 Å². The van der Waals surface area contributed by atoms with Crippen molar-refractivity contribution in [2.24, 2.45) is 0 Å². The first kappa shape index (κ1) is 17.0. The summed E-state index contributed by atoms with van der Waals surface area (Å²) in [4.78, 5) is 2.83. The zero-order valence-corrected chi connectivity index (χ0v) is 14.2. The van der Waals surface area contributed by atoms with Gasteiger partial charge in [0.2, 0.25) is 0 Å². The maximum absolute atomic E-state index is 13.9. The molecule has 0 spiro atoms. The number of halogens is 2. The van der Waals surface area contributed by atoms with Gasteiger partial charge in [0.15, 0.2) is 0 Å². The van der Waals surface area contributed by atoms with Crippen LogP contribution < -0.4 is 4.72 Å². The molecule has 0 aliphatic rings. The molecule has 0 unspecified atom stereocenters. The van der Waals surface area contributed by atoms with Crippen LogP contribution in [0.2, 0.25) is 5.02 Å². The second-order valence-electron chi connectivity index (χ2n) is 5.17. The van der Waals surface area contributed by atoms with Gasteiger partial charge in [-0.25, -0.2) is 12.8 Å². The van der Waals surface area contributed by atoms with Crippen LogP contribution >= 0.6 is 11.6 Å². The number of sulfonamides is 1. The molecule has 0 saturated carbocycles. The van der Waals surface area contributed by atoms with Crippen molar-refractivity contribution in [1.82, 2.24) is 4.98 Å². The molecular weight excluding hydrogens is 365 g/mol. The van der Waals surface area contributed by atoms with Crippen LogP contribution in [0.4, 0.5) is 10.1 Å². The van der Waals surface area contributed by atoms with Crippen LogP contribution in [0.25, 0.3) is 11.3 Å². The van der Waals surface area contributed by atoms with Gasteiger partial charge >= 0.3 is 0 Å². The number of rotatable bonds is 4. The maximum Gasteiger partial charge on any atom is 0.263 e. The molecule has 5 nitrogen and oxygen atoms in total. The van der Waals surface area contributed by atoms with Crippen LogP contribution in [0.15, 0.2) is 59.6 Å².